The third-order valence-electron chi connectivity index (χ3n) is 2.02. The van der Waals surface area contributed by atoms with Gasteiger partial charge in [-0.25, -0.2) is 13.6 Å². The first-order chi connectivity index (χ1) is 8.07. The van der Waals surface area contributed by atoms with Crippen molar-refractivity contribution in [2.75, 3.05) is 0 Å². The van der Waals surface area contributed by atoms with Crippen molar-refractivity contribution in [1.29, 1.82) is 0 Å². The van der Waals surface area contributed by atoms with Crippen molar-refractivity contribution in [3.8, 4) is 11.5 Å². The van der Waals surface area contributed by atoms with E-state index in [-0.39, 0.29) is 10.6 Å². The normalized spacial score (nSPS) is 11.1. The molecule has 1 aromatic carbocycles. The van der Waals surface area contributed by atoms with Crippen molar-refractivity contribution in [2.45, 2.75) is 4.90 Å². The molecular weight excluding hydrogens is 240 g/mol. The molecule has 6 heteroatoms. The fourth-order valence-electron chi connectivity index (χ4n) is 1.30. The summed E-state index contributed by atoms with van der Waals surface area (Å²) >= 11 is 0. The zero-order valence-electron chi connectivity index (χ0n) is 8.78. The molecule has 2 aromatic rings. The van der Waals surface area contributed by atoms with Crippen LogP contribution < -0.4 is 9.88 Å². The molecule has 0 aliphatic heterocycles. The zero-order chi connectivity index (χ0) is 12.3. The Bertz CT molecular complexity index is 612. The number of ether oxygens (including phenoxy) is 1. The lowest BCUT2D eigenvalue weighted by Gasteiger charge is -2.08. The lowest BCUT2D eigenvalue weighted by Crippen LogP contribution is -2.13. The molecule has 88 valence electrons. The van der Waals surface area contributed by atoms with Crippen molar-refractivity contribution >= 4 is 10.0 Å². The van der Waals surface area contributed by atoms with Crippen LogP contribution in [0.15, 0.2) is 53.7 Å². The molecule has 2 rings (SSSR count). The topological polar surface area (TPSA) is 82.3 Å². The molecule has 0 spiro atoms. The van der Waals surface area contributed by atoms with Gasteiger partial charge in [-0.15, -0.1) is 0 Å². The monoisotopic (exact) mass is 250 g/mol. The standard InChI is InChI=1S/C11H10N2O3S/c12-17(14,15)11-6-2-1-5-10(11)16-9-4-3-7-13-8-9/h1-8H,(H2,12,14,15). The van der Waals surface area contributed by atoms with Crippen LogP contribution in [-0.2, 0) is 10.0 Å². The number of rotatable bonds is 3. The largest absolute Gasteiger partial charge is 0.454 e. The Hall–Kier alpha value is -1.92. The summed E-state index contributed by atoms with van der Waals surface area (Å²) < 4.78 is 28.1. The van der Waals surface area contributed by atoms with Crippen molar-refractivity contribution in [3.63, 3.8) is 0 Å². The fraction of sp³-hybridized carbons (Fsp3) is 0. The minimum atomic E-state index is -3.80. The van der Waals surface area contributed by atoms with Gasteiger partial charge in [0, 0.05) is 6.20 Å². The van der Waals surface area contributed by atoms with Crippen molar-refractivity contribution in [3.05, 3.63) is 48.8 Å². The Kier molecular flexibility index (Phi) is 3.08. The Morgan fingerprint density at radius 2 is 1.88 bits per heavy atom. The number of benzene rings is 1. The maximum absolute atomic E-state index is 11.3. The van der Waals surface area contributed by atoms with Crippen LogP contribution in [0.1, 0.15) is 0 Å². The molecule has 0 saturated carbocycles. The van der Waals surface area contributed by atoms with Gasteiger partial charge in [-0.2, -0.15) is 0 Å². The molecule has 0 aliphatic rings. The highest BCUT2D eigenvalue weighted by atomic mass is 32.2. The molecule has 0 atom stereocenters. The third kappa shape index (κ3) is 2.80. The van der Waals surface area contributed by atoms with Gasteiger partial charge < -0.3 is 4.74 Å². The Morgan fingerprint density at radius 1 is 1.12 bits per heavy atom. The Labute approximate surface area is 98.9 Å². The molecule has 5 nitrogen and oxygen atoms in total. The lowest BCUT2D eigenvalue weighted by molar-refractivity contribution is 0.465. The van der Waals surface area contributed by atoms with Crippen LogP contribution in [0, 0.1) is 0 Å². The number of sulfonamides is 1. The maximum atomic E-state index is 11.3. The quantitative estimate of drug-likeness (QED) is 0.895. The number of hydrogen-bond acceptors (Lipinski definition) is 4. The van der Waals surface area contributed by atoms with Crippen molar-refractivity contribution in [1.82, 2.24) is 4.98 Å². The van der Waals surface area contributed by atoms with E-state index in [1.165, 1.54) is 18.3 Å². The van der Waals surface area contributed by atoms with Crippen LogP contribution in [0.25, 0.3) is 0 Å². The number of nitrogens with two attached hydrogens (primary N) is 1. The number of aromatic nitrogens is 1. The van der Waals surface area contributed by atoms with E-state index in [1.807, 2.05) is 0 Å². The summed E-state index contributed by atoms with van der Waals surface area (Å²) in [7, 11) is -3.80. The predicted molar refractivity (Wildman–Crippen MR) is 62.1 cm³/mol. The highest BCUT2D eigenvalue weighted by Crippen LogP contribution is 2.26. The Morgan fingerprint density at radius 3 is 2.53 bits per heavy atom. The third-order valence-corrected chi connectivity index (χ3v) is 2.97. The molecule has 0 unspecified atom stereocenters. The van der Waals surface area contributed by atoms with Crippen LogP contribution >= 0.6 is 0 Å². The fourth-order valence-corrected chi connectivity index (χ4v) is 1.96. The molecule has 0 fully saturated rings. The van der Waals surface area contributed by atoms with Gasteiger partial charge in [0.25, 0.3) is 0 Å². The highest BCUT2D eigenvalue weighted by molar-refractivity contribution is 7.89. The van der Waals surface area contributed by atoms with Gasteiger partial charge in [0.05, 0.1) is 6.20 Å². The minimum absolute atomic E-state index is 0.0520. The molecule has 0 radical (unpaired) electrons. The second kappa shape index (κ2) is 4.52. The maximum Gasteiger partial charge on any atom is 0.241 e. The summed E-state index contributed by atoms with van der Waals surface area (Å²) in [5.41, 5.74) is 0. The predicted octanol–water partition coefficient (Wildman–Crippen LogP) is 1.52. The first-order valence-electron chi connectivity index (χ1n) is 4.77. The van der Waals surface area contributed by atoms with E-state index >= 15 is 0 Å². The van der Waals surface area contributed by atoms with Gasteiger partial charge >= 0.3 is 0 Å². The number of para-hydroxylation sites is 1. The van der Waals surface area contributed by atoms with Crippen LogP contribution in [0.5, 0.6) is 11.5 Å². The molecule has 2 N–H and O–H groups in total. The average Bonchev–Trinajstić information content (AvgIpc) is 2.30. The molecule has 17 heavy (non-hydrogen) atoms. The van der Waals surface area contributed by atoms with Crippen LogP contribution in [0.4, 0.5) is 0 Å². The molecule has 0 aliphatic carbocycles. The van der Waals surface area contributed by atoms with E-state index in [0.29, 0.717) is 5.75 Å². The van der Waals surface area contributed by atoms with Gasteiger partial charge in [-0.3, -0.25) is 4.98 Å². The SMILES string of the molecule is NS(=O)(=O)c1ccccc1Oc1cccnc1. The van der Waals surface area contributed by atoms with Crippen LogP contribution in [0.3, 0.4) is 0 Å². The first-order valence-corrected chi connectivity index (χ1v) is 6.32. The number of pyridine rings is 1. The van der Waals surface area contributed by atoms with Gasteiger partial charge in [0.15, 0.2) is 0 Å². The van der Waals surface area contributed by atoms with Crippen molar-refractivity contribution < 1.29 is 13.2 Å². The number of hydrogen-bond donors (Lipinski definition) is 1. The second-order valence-electron chi connectivity index (χ2n) is 3.28. The first kappa shape index (κ1) is 11.6. The summed E-state index contributed by atoms with van der Waals surface area (Å²) in [6, 6.07) is 9.53. The smallest absolute Gasteiger partial charge is 0.241 e. The molecule has 1 heterocycles. The van der Waals surface area contributed by atoms with E-state index < -0.39 is 10.0 Å². The van der Waals surface area contributed by atoms with Gasteiger partial charge in [0.1, 0.15) is 16.4 Å². The zero-order valence-corrected chi connectivity index (χ0v) is 9.59. The highest BCUT2D eigenvalue weighted by Gasteiger charge is 2.14. The lowest BCUT2D eigenvalue weighted by atomic mass is 10.3. The summed E-state index contributed by atoms with van der Waals surface area (Å²) in [5.74, 6) is 0.631. The van der Waals surface area contributed by atoms with Gasteiger partial charge in [-0.1, -0.05) is 12.1 Å². The van der Waals surface area contributed by atoms with Crippen LogP contribution in [0.2, 0.25) is 0 Å². The molecule has 0 saturated heterocycles. The second-order valence-corrected chi connectivity index (χ2v) is 4.81. The van der Waals surface area contributed by atoms with Crippen LogP contribution in [-0.4, -0.2) is 13.4 Å². The summed E-state index contributed by atoms with van der Waals surface area (Å²) in [4.78, 5) is 3.82. The van der Waals surface area contributed by atoms with Crippen molar-refractivity contribution in [2.24, 2.45) is 5.14 Å². The van der Waals surface area contributed by atoms with E-state index in [4.69, 9.17) is 9.88 Å². The average molecular weight is 250 g/mol. The molecule has 1 aromatic heterocycles. The summed E-state index contributed by atoms with van der Waals surface area (Å²) in [6.45, 7) is 0. The van der Waals surface area contributed by atoms with E-state index in [1.54, 1.807) is 30.5 Å². The summed E-state index contributed by atoms with van der Waals surface area (Å²) in [5, 5.41) is 5.09. The Balaban J connectivity index is 2.41. The van der Waals surface area contributed by atoms with Gasteiger partial charge in [-0.05, 0) is 24.3 Å². The number of primary sulfonamides is 1. The van der Waals surface area contributed by atoms with E-state index in [9.17, 15) is 8.42 Å². The molecule has 0 amide bonds. The summed E-state index contributed by atoms with van der Waals surface area (Å²) in [6.07, 6.45) is 3.08. The molecular formula is C11H10N2O3S. The number of nitrogens with zero attached hydrogens (tertiary/aromatic N) is 1. The van der Waals surface area contributed by atoms with E-state index in [0.717, 1.165) is 0 Å². The van der Waals surface area contributed by atoms with Gasteiger partial charge in [0.2, 0.25) is 10.0 Å². The van der Waals surface area contributed by atoms with E-state index in [2.05, 4.69) is 4.98 Å². The minimum Gasteiger partial charge on any atom is -0.454 e. The molecule has 0 bridgehead atoms.